The number of aliphatic carboxylic acids is 1. The molecule has 0 radical (unpaired) electrons. The van der Waals surface area contributed by atoms with Crippen LogP contribution in [0.1, 0.15) is 30.6 Å². The highest BCUT2D eigenvalue weighted by Gasteiger charge is 2.12. The van der Waals surface area contributed by atoms with Crippen LogP contribution in [0.25, 0.3) is 0 Å². The minimum absolute atomic E-state index is 0.101. The van der Waals surface area contributed by atoms with E-state index in [2.05, 4.69) is 0 Å². The van der Waals surface area contributed by atoms with E-state index >= 15 is 0 Å². The summed E-state index contributed by atoms with van der Waals surface area (Å²) >= 11 is 0. The molecule has 1 unspecified atom stereocenters. The van der Waals surface area contributed by atoms with E-state index in [1.807, 2.05) is 13.8 Å². The van der Waals surface area contributed by atoms with Crippen LogP contribution in [0.3, 0.4) is 0 Å². The van der Waals surface area contributed by atoms with Gasteiger partial charge in [0.05, 0.1) is 14.2 Å². The summed E-state index contributed by atoms with van der Waals surface area (Å²) in [4.78, 5) is 20.6. The number of hydrogen-bond donors (Lipinski definition) is 3. The number of ether oxygens (including phenoxy) is 2. The maximum atomic E-state index is 10.5. The Morgan fingerprint density at radius 1 is 1.27 bits per heavy atom. The highest BCUT2D eigenvalue weighted by molar-refractivity contribution is 5.78. The molecule has 0 aliphatic carbocycles. The van der Waals surface area contributed by atoms with E-state index < -0.39 is 12.0 Å². The van der Waals surface area contributed by atoms with Crippen molar-refractivity contribution in [1.29, 1.82) is 0 Å². The summed E-state index contributed by atoms with van der Waals surface area (Å²) in [6.45, 7) is 3.89. The molecule has 0 aliphatic rings. The van der Waals surface area contributed by atoms with E-state index in [1.165, 1.54) is 26.4 Å². The van der Waals surface area contributed by atoms with E-state index in [0.717, 1.165) is 0 Å². The van der Waals surface area contributed by atoms with Gasteiger partial charge in [-0.3, -0.25) is 9.59 Å². The molecule has 1 aromatic rings. The van der Waals surface area contributed by atoms with Gasteiger partial charge in [0, 0.05) is 5.56 Å². The van der Waals surface area contributed by atoms with Crippen molar-refractivity contribution in [3.05, 3.63) is 17.7 Å². The molecule has 0 aromatic heterocycles. The molecule has 0 heterocycles. The van der Waals surface area contributed by atoms with Crippen LogP contribution >= 0.6 is 0 Å². The van der Waals surface area contributed by atoms with Crippen LogP contribution in [-0.4, -0.2) is 42.7 Å². The summed E-state index contributed by atoms with van der Waals surface area (Å²) < 4.78 is 9.68. The Balaban J connectivity index is 0.000000433. The molecular formula is C15H23NO6. The summed E-state index contributed by atoms with van der Waals surface area (Å²) in [7, 11) is 2.81. The number of carbonyl (C=O) groups is 2. The number of nitrogens with two attached hydrogens (primary N) is 1. The summed E-state index contributed by atoms with van der Waals surface area (Å²) in [5.41, 5.74) is 5.61. The molecule has 0 spiro atoms. The average molecular weight is 313 g/mol. The molecule has 7 nitrogen and oxygen atoms in total. The van der Waals surface area contributed by atoms with Gasteiger partial charge >= 0.3 is 5.97 Å². The molecule has 0 saturated heterocycles. The standard InChI is InChI=1S/C9H10O4.C6H13NO2/c1-12-7-3-6(5-10)4-8(13-2)9(7)11;1-4(2)3-5(7)6(8)9/h3-5,11H,1-2H3;4-5H,3,7H2,1-2H3,(H,8,9). The molecular weight excluding hydrogens is 290 g/mol. The minimum atomic E-state index is -0.913. The van der Waals surface area contributed by atoms with Crippen molar-refractivity contribution in [2.75, 3.05) is 14.2 Å². The molecule has 124 valence electrons. The third kappa shape index (κ3) is 6.45. The zero-order chi connectivity index (χ0) is 17.3. The Bertz CT molecular complexity index is 476. The van der Waals surface area contributed by atoms with Gasteiger partial charge in [0.2, 0.25) is 5.75 Å². The first-order valence-corrected chi connectivity index (χ1v) is 6.65. The first kappa shape index (κ1) is 19.7. The number of carboxylic acid groups (broad SMARTS) is 1. The Morgan fingerprint density at radius 3 is 1.95 bits per heavy atom. The van der Waals surface area contributed by atoms with Gasteiger partial charge in [0.1, 0.15) is 12.3 Å². The zero-order valence-corrected chi connectivity index (χ0v) is 13.2. The highest BCUT2D eigenvalue weighted by Crippen LogP contribution is 2.36. The second-order valence-electron chi connectivity index (χ2n) is 4.97. The number of phenols is 1. The molecule has 1 rings (SSSR count). The Hall–Kier alpha value is -2.28. The largest absolute Gasteiger partial charge is 0.502 e. The second kappa shape index (κ2) is 9.62. The molecule has 1 atom stereocenters. The lowest BCUT2D eigenvalue weighted by Crippen LogP contribution is -2.31. The number of methoxy groups -OCH3 is 2. The van der Waals surface area contributed by atoms with Crippen molar-refractivity contribution in [2.45, 2.75) is 26.3 Å². The number of aldehydes is 1. The lowest BCUT2D eigenvalue weighted by molar-refractivity contribution is -0.138. The fraction of sp³-hybridized carbons (Fsp3) is 0.467. The second-order valence-corrected chi connectivity index (χ2v) is 4.97. The van der Waals surface area contributed by atoms with Crippen molar-refractivity contribution in [1.82, 2.24) is 0 Å². The van der Waals surface area contributed by atoms with Crippen molar-refractivity contribution < 1.29 is 29.3 Å². The monoisotopic (exact) mass is 313 g/mol. The topological polar surface area (TPSA) is 119 Å². The summed E-state index contributed by atoms with van der Waals surface area (Å²) in [6.07, 6.45) is 1.21. The van der Waals surface area contributed by atoms with Gasteiger partial charge in [-0.05, 0) is 24.5 Å². The van der Waals surface area contributed by atoms with E-state index in [1.54, 1.807) is 0 Å². The van der Waals surface area contributed by atoms with Gasteiger partial charge in [-0.2, -0.15) is 0 Å². The third-order valence-electron chi connectivity index (χ3n) is 2.68. The molecule has 7 heteroatoms. The number of rotatable bonds is 6. The molecule has 0 fully saturated rings. The van der Waals surface area contributed by atoms with Crippen molar-refractivity contribution in [3.63, 3.8) is 0 Å². The first-order chi connectivity index (χ1) is 10.3. The quantitative estimate of drug-likeness (QED) is 0.683. The van der Waals surface area contributed by atoms with Crippen LogP contribution in [-0.2, 0) is 4.79 Å². The molecule has 22 heavy (non-hydrogen) atoms. The summed E-state index contributed by atoms with van der Waals surface area (Å²) in [5, 5.41) is 17.7. The van der Waals surface area contributed by atoms with Gasteiger partial charge in [-0.25, -0.2) is 0 Å². The highest BCUT2D eigenvalue weighted by atomic mass is 16.5. The molecule has 0 bridgehead atoms. The smallest absolute Gasteiger partial charge is 0.320 e. The van der Waals surface area contributed by atoms with Gasteiger partial charge in [-0.15, -0.1) is 0 Å². The van der Waals surface area contributed by atoms with E-state index in [0.29, 0.717) is 24.2 Å². The number of phenolic OH excluding ortho intramolecular Hbond substituents is 1. The number of benzene rings is 1. The Labute approximate surface area is 129 Å². The lowest BCUT2D eigenvalue weighted by atomic mass is 10.1. The van der Waals surface area contributed by atoms with Crippen LogP contribution in [0.4, 0.5) is 0 Å². The normalized spacial score (nSPS) is 11.2. The van der Waals surface area contributed by atoms with Crippen LogP contribution in [0, 0.1) is 5.92 Å². The maximum Gasteiger partial charge on any atom is 0.320 e. The van der Waals surface area contributed by atoms with E-state index in [9.17, 15) is 14.7 Å². The Morgan fingerprint density at radius 2 is 1.73 bits per heavy atom. The van der Waals surface area contributed by atoms with E-state index in [4.69, 9.17) is 20.3 Å². The summed E-state index contributed by atoms with van der Waals surface area (Å²) in [5.74, 6) is -0.210. The third-order valence-corrected chi connectivity index (χ3v) is 2.68. The molecule has 1 aromatic carbocycles. The molecule has 0 saturated carbocycles. The van der Waals surface area contributed by atoms with Crippen LogP contribution in [0.5, 0.6) is 17.2 Å². The SMILES string of the molecule is CC(C)CC(N)C(=O)O.COc1cc(C=O)cc(OC)c1O. The summed E-state index contributed by atoms with van der Waals surface area (Å²) in [6, 6.07) is 2.18. The van der Waals surface area contributed by atoms with Crippen LogP contribution in [0.2, 0.25) is 0 Å². The van der Waals surface area contributed by atoms with E-state index in [-0.39, 0.29) is 17.2 Å². The first-order valence-electron chi connectivity index (χ1n) is 6.65. The number of aromatic hydroxyl groups is 1. The molecule has 0 amide bonds. The number of carbonyl (C=O) groups excluding carboxylic acids is 1. The predicted octanol–water partition coefficient (Wildman–Crippen LogP) is 1.67. The van der Waals surface area contributed by atoms with Crippen LogP contribution in [0.15, 0.2) is 12.1 Å². The number of carboxylic acids is 1. The number of hydrogen-bond acceptors (Lipinski definition) is 6. The molecule has 0 aliphatic heterocycles. The zero-order valence-electron chi connectivity index (χ0n) is 13.2. The lowest BCUT2D eigenvalue weighted by Gasteiger charge is -2.08. The average Bonchev–Trinajstić information content (AvgIpc) is 2.47. The fourth-order valence-corrected chi connectivity index (χ4v) is 1.59. The van der Waals surface area contributed by atoms with Crippen LogP contribution < -0.4 is 15.2 Å². The maximum absolute atomic E-state index is 10.5. The van der Waals surface area contributed by atoms with Crippen molar-refractivity contribution >= 4 is 12.3 Å². The van der Waals surface area contributed by atoms with Gasteiger partial charge in [0.25, 0.3) is 0 Å². The predicted molar refractivity (Wildman–Crippen MR) is 81.7 cm³/mol. The molecule has 4 N–H and O–H groups in total. The Kier molecular flexibility index (Phi) is 8.62. The van der Waals surface area contributed by atoms with Gasteiger partial charge in [0.15, 0.2) is 11.5 Å². The van der Waals surface area contributed by atoms with Crippen molar-refractivity contribution in [2.24, 2.45) is 11.7 Å². The van der Waals surface area contributed by atoms with Gasteiger partial charge < -0.3 is 25.4 Å². The van der Waals surface area contributed by atoms with Gasteiger partial charge in [-0.1, -0.05) is 13.8 Å². The minimum Gasteiger partial charge on any atom is -0.502 e. The van der Waals surface area contributed by atoms with Crippen molar-refractivity contribution in [3.8, 4) is 17.2 Å². The fourth-order valence-electron chi connectivity index (χ4n) is 1.59.